The highest BCUT2D eigenvalue weighted by Gasteiger charge is 2.31. The van der Waals surface area contributed by atoms with Crippen molar-refractivity contribution in [3.63, 3.8) is 0 Å². The Morgan fingerprint density at radius 2 is 2.05 bits per heavy atom. The highest BCUT2D eigenvalue weighted by molar-refractivity contribution is 5.87. The molecular formula is C12H24ClN3O3. The maximum absolute atomic E-state index is 11.9. The fourth-order valence-corrected chi connectivity index (χ4v) is 2.11. The van der Waals surface area contributed by atoms with Gasteiger partial charge in [0.1, 0.15) is 6.04 Å². The molecule has 0 bridgehead atoms. The van der Waals surface area contributed by atoms with Crippen LogP contribution in [0.2, 0.25) is 0 Å². The number of halogens is 1. The number of carbonyl (C=O) groups excluding carboxylic acids is 2. The zero-order valence-electron chi connectivity index (χ0n) is 11.6. The minimum absolute atomic E-state index is 0. The summed E-state index contributed by atoms with van der Waals surface area (Å²) in [5.74, 6) is -0.0675. The van der Waals surface area contributed by atoms with Crippen molar-refractivity contribution in [2.24, 2.45) is 0 Å². The number of methoxy groups -OCH3 is 1. The van der Waals surface area contributed by atoms with Crippen LogP contribution in [0.3, 0.4) is 0 Å². The standard InChI is InChI=1S/C12H23N3O3.ClH/c1-10(16)15-8-3-4-11(15)12(17)14-6-5-13-7-9-18-2;/h11,13H,3-9H2,1-2H3,(H,14,17);1H. The first-order valence-electron chi connectivity index (χ1n) is 6.41. The summed E-state index contributed by atoms with van der Waals surface area (Å²) in [6.45, 7) is 4.92. The molecule has 2 N–H and O–H groups in total. The molecule has 1 heterocycles. The van der Waals surface area contributed by atoms with Gasteiger partial charge in [0.25, 0.3) is 0 Å². The van der Waals surface area contributed by atoms with Crippen molar-refractivity contribution in [1.82, 2.24) is 15.5 Å². The Kier molecular flexibility index (Phi) is 9.55. The molecule has 1 rings (SSSR count). The van der Waals surface area contributed by atoms with Crippen molar-refractivity contribution in [1.29, 1.82) is 0 Å². The van der Waals surface area contributed by atoms with Gasteiger partial charge in [-0.15, -0.1) is 12.4 Å². The Hall–Kier alpha value is -0.850. The molecule has 1 fully saturated rings. The quantitative estimate of drug-likeness (QED) is 0.636. The van der Waals surface area contributed by atoms with Crippen molar-refractivity contribution >= 4 is 24.2 Å². The molecule has 1 saturated heterocycles. The summed E-state index contributed by atoms with van der Waals surface area (Å²) in [4.78, 5) is 24.9. The molecule has 0 saturated carbocycles. The Balaban J connectivity index is 0.00000324. The highest BCUT2D eigenvalue weighted by atomic mass is 35.5. The third-order valence-corrected chi connectivity index (χ3v) is 3.04. The number of hydrogen-bond acceptors (Lipinski definition) is 4. The first-order chi connectivity index (χ1) is 8.66. The van der Waals surface area contributed by atoms with Crippen molar-refractivity contribution < 1.29 is 14.3 Å². The molecule has 1 unspecified atom stereocenters. The minimum Gasteiger partial charge on any atom is -0.383 e. The second kappa shape index (κ2) is 10.00. The molecule has 0 aromatic heterocycles. The number of amides is 2. The Bertz CT molecular complexity index is 289. The van der Waals surface area contributed by atoms with E-state index >= 15 is 0 Å². The van der Waals surface area contributed by atoms with Gasteiger partial charge in [0.2, 0.25) is 11.8 Å². The largest absolute Gasteiger partial charge is 0.383 e. The van der Waals surface area contributed by atoms with Gasteiger partial charge in [0, 0.05) is 40.2 Å². The van der Waals surface area contributed by atoms with Crippen LogP contribution < -0.4 is 10.6 Å². The Morgan fingerprint density at radius 3 is 2.68 bits per heavy atom. The van der Waals surface area contributed by atoms with Crippen molar-refractivity contribution in [3.05, 3.63) is 0 Å². The van der Waals surface area contributed by atoms with Crippen LogP contribution in [-0.2, 0) is 14.3 Å². The second-order valence-electron chi connectivity index (χ2n) is 4.40. The fraction of sp³-hybridized carbons (Fsp3) is 0.833. The van der Waals surface area contributed by atoms with Gasteiger partial charge in [0.15, 0.2) is 0 Å². The molecule has 112 valence electrons. The number of likely N-dealkylation sites (tertiary alicyclic amines) is 1. The third kappa shape index (κ3) is 6.22. The summed E-state index contributed by atoms with van der Waals surface area (Å²) >= 11 is 0. The monoisotopic (exact) mass is 293 g/mol. The Labute approximate surface area is 120 Å². The van der Waals surface area contributed by atoms with Crippen molar-refractivity contribution in [2.75, 3.05) is 39.9 Å². The molecule has 0 aromatic carbocycles. The number of carbonyl (C=O) groups is 2. The average Bonchev–Trinajstić information content (AvgIpc) is 2.82. The van der Waals surface area contributed by atoms with Crippen LogP contribution in [0.1, 0.15) is 19.8 Å². The van der Waals surface area contributed by atoms with E-state index in [-0.39, 0.29) is 30.3 Å². The molecule has 0 aliphatic carbocycles. The molecule has 2 amide bonds. The Morgan fingerprint density at radius 1 is 1.32 bits per heavy atom. The number of nitrogens with one attached hydrogen (secondary N) is 2. The van der Waals surface area contributed by atoms with Gasteiger partial charge in [-0.3, -0.25) is 9.59 Å². The molecule has 6 nitrogen and oxygen atoms in total. The molecule has 7 heteroatoms. The van der Waals surface area contributed by atoms with E-state index in [4.69, 9.17) is 4.74 Å². The number of rotatable bonds is 7. The molecule has 19 heavy (non-hydrogen) atoms. The van der Waals surface area contributed by atoms with Crippen LogP contribution >= 0.6 is 12.4 Å². The average molecular weight is 294 g/mol. The van der Waals surface area contributed by atoms with Gasteiger partial charge in [-0.2, -0.15) is 0 Å². The van der Waals surface area contributed by atoms with Crippen LogP contribution in [-0.4, -0.2) is 62.7 Å². The lowest BCUT2D eigenvalue weighted by molar-refractivity contribution is -0.136. The maximum atomic E-state index is 11.9. The molecule has 1 aliphatic rings. The molecule has 1 atom stereocenters. The summed E-state index contributed by atoms with van der Waals surface area (Å²) in [7, 11) is 1.65. The summed E-state index contributed by atoms with van der Waals surface area (Å²) < 4.78 is 4.90. The van der Waals surface area contributed by atoms with Crippen molar-refractivity contribution in [2.45, 2.75) is 25.8 Å². The third-order valence-electron chi connectivity index (χ3n) is 3.04. The van der Waals surface area contributed by atoms with Gasteiger partial charge in [-0.25, -0.2) is 0 Å². The van der Waals surface area contributed by atoms with E-state index in [2.05, 4.69) is 10.6 Å². The van der Waals surface area contributed by atoms with E-state index in [1.54, 1.807) is 12.0 Å². The van der Waals surface area contributed by atoms with Gasteiger partial charge < -0.3 is 20.3 Å². The predicted molar refractivity (Wildman–Crippen MR) is 75.4 cm³/mol. The van der Waals surface area contributed by atoms with Crippen LogP contribution in [0.5, 0.6) is 0 Å². The van der Waals surface area contributed by atoms with E-state index in [9.17, 15) is 9.59 Å². The van der Waals surface area contributed by atoms with E-state index in [1.807, 2.05) is 0 Å². The van der Waals surface area contributed by atoms with Crippen LogP contribution in [0.4, 0.5) is 0 Å². The summed E-state index contributed by atoms with van der Waals surface area (Å²) in [6, 6.07) is -0.276. The van der Waals surface area contributed by atoms with Crippen LogP contribution in [0, 0.1) is 0 Å². The lowest BCUT2D eigenvalue weighted by Crippen LogP contribution is -2.46. The van der Waals surface area contributed by atoms with Crippen molar-refractivity contribution in [3.8, 4) is 0 Å². The van der Waals surface area contributed by atoms with Crippen LogP contribution in [0.25, 0.3) is 0 Å². The summed E-state index contributed by atoms with van der Waals surface area (Å²) in [5, 5.41) is 6.00. The predicted octanol–water partition coefficient (Wildman–Crippen LogP) is -0.229. The van der Waals surface area contributed by atoms with Gasteiger partial charge in [-0.05, 0) is 12.8 Å². The topological polar surface area (TPSA) is 70.7 Å². The molecule has 1 aliphatic heterocycles. The normalized spacial score (nSPS) is 18.0. The summed E-state index contributed by atoms with van der Waals surface area (Å²) in [6.07, 6.45) is 1.67. The lowest BCUT2D eigenvalue weighted by atomic mass is 10.2. The smallest absolute Gasteiger partial charge is 0.242 e. The van der Waals surface area contributed by atoms with Gasteiger partial charge in [-0.1, -0.05) is 0 Å². The van der Waals surface area contributed by atoms with Gasteiger partial charge in [0.05, 0.1) is 6.61 Å². The first kappa shape index (κ1) is 18.1. The lowest BCUT2D eigenvalue weighted by Gasteiger charge is -2.22. The number of nitrogens with zero attached hydrogens (tertiary/aromatic N) is 1. The van der Waals surface area contributed by atoms with E-state index in [0.717, 1.165) is 19.4 Å². The fourth-order valence-electron chi connectivity index (χ4n) is 2.11. The molecule has 0 aromatic rings. The number of hydrogen-bond donors (Lipinski definition) is 2. The second-order valence-corrected chi connectivity index (χ2v) is 4.40. The molecule has 0 radical (unpaired) electrons. The van der Waals surface area contributed by atoms with E-state index in [1.165, 1.54) is 6.92 Å². The maximum Gasteiger partial charge on any atom is 0.242 e. The SMILES string of the molecule is COCCNCCNC(=O)C1CCCN1C(C)=O.Cl. The first-order valence-corrected chi connectivity index (χ1v) is 6.41. The highest BCUT2D eigenvalue weighted by Crippen LogP contribution is 2.16. The summed E-state index contributed by atoms with van der Waals surface area (Å²) in [5.41, 5.74) is 0. The molecule has 0 spiro atoms. The minimum atomic E-state index is -0.276. The zero-order valence-corrected chi connectivity index (χ0v) is 12.4. The van der Waals surface area contributed by atoms with E-state index < -0.39 is 0 Å². The number of ether oxygens (including phenoxy) is 1. The van der Waals surface area contributed by atoms with Gasteiger partial charge >= 0.3 is 0 Å². The van der Waals surface area contributed by atoms with E-state index in [0.29, 0.717) is 26.2 Å². The zero-order chi connectivity index (χ0) is 13.4. The molecular weight excluding hydrogens is 270 g/mol. The van der Waals surface area contributed by atoms with Crippen LogP contribution in [0.15, 0.2) is 0 Å².